The van der Waals surface area contributed by atoms with Crippen molar-refractivity contribution < 1.29 is 0 Å². The highest BCUT2D eigenvalue weighted by atomic mass is 15.0. The van der Waals surface area contributed by atoms with Crippen LogP contribution in [-0.2, 0) is 0 Å². The molecule has 0 aliphatic rings. The number of fused-ring (bicyclic) bond motifs is 7. The quantitative estimate of drug-likeness (QED) is 0.213. The van der Waals surface area contributed by atoms with Crippen molar-refractivity contribution in [3.05, 3.63) is 158 Å². The van der Waals surface area contributed by atoms with E-state index in [0.717, 1.165) is 0 Å². The van der Waals surface area contributed by atoms with E-state index in [2.05, 4.69) is 167 Å². The predicted molar refractivity (Wildman–Crippen MR) is 178 cm³/mol. The summed E-state index contributed by atoms with van der Waals surface area (Å²) in [7, 11) is 0. The molecule has 9 aromatic rings. The highest BCUT2D eigenvalue weighted by Crippen LogP contribution is 2.41. The van der Waals surface area contributed by atoms with Gasteiger partial charge in [-0.05, 0) is 47.3 Å². The van der Waals surface area contributed by atoms with Crippen LogP contribution in [0.2, 0.25) is 0 Å². The Bertz CT molecular complexity index is 2450. The molecule has 196 valence electrons. The van der Waals surface area contributed by atoms with Gasteiger partial charge in [0, 0.05) is 32.5 Å². The third kappa shape index (κ3) is 3.27. The van der Waals surface area contributed by atoms with Crippen LogP contribution >= 0.6 is 0 Å². The lowest BCUT2D eigenvalue weighted by atomic mass is 10.0. The Morgan fingerprint density at radius 1 is 0.310 bits per heavy atom. The third-order valence-electron chi connectivity index (χ3n) is 8.70. The second-order valence-electron chi connectivity index (χ2n) is 11.0. The van der Waals surface area contributed by atoms with Crippen molar-refractivity contribution in [3.8, 4) is 22.5 Å². The lowest BCUT2D eigenvalue weighted by molar-refractivity contribution is 1.17. The molecule has 0 saturated heterocycles. The van der Waals surface area contributed by atoms with E-state index < -0.39 is 0 Å². The summed E-state index contributed by atoms with van der Waals surface area (Å²) in [5.41, 5.74) is 9.66. The van der Waals surface area contributed by atoms with Crippen LogP contribution in [0.3, 0.4) is 0 Å². The van der Waals surface area contributed by atoms with Gasteiger partial charge in [-0.15, -0.1) is 0 Å². The van der Waals surface area contributed by atoms with Crippen molar-refractivity contribution in [1.82, 2.24) is 9.13 Å². The Morgan fingerprint density at radius 3 is 1.57 bits per heavy atom. The van der Waals surface area contributed by atoms with Gasteiger partial charge in [0.1, 0.15) is 0 Å². The Morgan fingerprint density at radius 2 is 0.833 bits per heavy atom. The molecule has 0 aliphatic heterocycles. The fourth-order valence-electron chi connectivity index (χ4n) is 6.88. The molecule has 0 spiro atoms. The summed E-state index contributed by atoms with van der Waals surface area (Å²) in [4.78, 5) is 0. The van der Waals surface area contributed by atoms with Crippen LogP contribution in [0.15, 0.2) is 158 Å². The number of rotatable bonds is 3. The lowest BCUT2D eigenvalue weighted by Crippen LogP contribution is -1.98. The van der Waals surface area contributed by atoms with Gasteiger partial charge < -0.3 is 9.13 Å². The second-order valence-corrected chi connectivity index (χ2v) is 11.0. The molecule has 7 aromatic carbocycles. The van der Waals surface area contributed by atoms with Crippen molar-refractivity contribution >= 4 is 54.4 Å². The summed E-state index contributed by atoms with van der Waals surface area (Å²) in [6.07, 6.45) is 0. The molecular weight excluding hydrogens is 508 g/mol. The Kier molecular flexibility index (Phi) is 4.93. The first-order chi connectivity index (χ1) is 20.9. The number of hydrogen-bond donors (Lipinski definition) is 0. The van der Waals surface area contributed by atoms with Crippen molar-refractivity contribution in [1.29, 1.82) is 0 Å². The maximum absolute atomic E-state index is 2.46. The molecule has 0 fully saturated rings. The molecule has 2 heteroatoms. The first kappa shape index (κ1) is 23.1. The van der Waals surface area contributed by atoms with Crippen molar-refractivity contribution in [3.63, 3.8) is 0 Å². The normalized spacial score (nSPS) is 11.8. The van der Waals surface area contributed by atoms with Crippen LogP contribution in [0, 0.1) is 0 Å². The number of para-hydroxylation sites is 3. The van der Waals surface area contributed by atoms with Gasteiger partial charge in [-0.1, -0.05) is 121 Å². The third-order valence-corrected chi connectivity index (χ3v) is 8.70. The van der Waals surface area contributed by atoms with E-state index in [-0.39, 0.29) is 0 Å². The van der Waals surface area contributed by atoms with Gasteiger partial charge in [0.25, 0.3) is 0 Å². The van der Waals surface area contributed by atoms with Crippen LogP contribution in [-0.4, -0.2) is 9.13 Å². The smallest absolute Gasteiger partial charge is 0.0562 e. The summed E-state index contributed by atoms with van der Waals surface area (Å²) < 4.78 is 4.91. The van der Waals surface area contributed by atoms with Crippen molar-refractivity contribution in [2.45, 2.75) is 0 Å². The second kappa shape index (κ2) is 8.95. The molecule has 9 rings (SSSR count). The summed E-state index contributed by atoms with van der Waals surface area (Å²) in [6, 6.07) is 57.2. The van der Waals surface area contributed by atoms with Crippen molar-refractivity contribution in [2.75, 3.05) is 0 Å². The fourth-order valence-corrected chi connectivity index (χ4v) is 6.88. The average Bonchev–Trinajstić information content (AvgIpc) is 3.56. The zero-order valence-corrected chi connectivity index (χ0v) is 22.9. The summed E-state index contributed by atoms with van der Waals surface area (Å²) in [5.74, 6) is 0. The van der Waals surface area contributed by atoms with E-state index >= 15 is 0 Å². The minimum Gasteiger partial charge on any atom is -0.309 e. The molecular formula is C40H26N2. The Hall–Kier alpha value is -5.60. The van der Waals surface area contributed by atoms with E-state index in [9.17, 15) is 0 Å². The van der Waals surface area contributed by atoms with E-state index in [1.165, 1.54) is 76.9 Å². The molecule has 2 aromatic heterocycles. The highest BCUT2D eigenvalue weighted by Gasteiger charge is 2.20. The van der Waals surface area contributed by atoms with Crippen molar-refractivity contribution in [2.24, 2.45) is 0 Å². The van der Waals surface area contributed by atoms with E-state index in [4.69, 9.17) is 0 Å². The minimum absolute atomic E-state index is 1.18. The van der Waals surface area contributed by atoms with Crippen LogP contribution in [0.4, 0.5) is 0 Å². The van der Waals surface area contributed by atoms with Gasteiger partial charge in [-0.3, -0.25) is 0 Å². The van der Waals surface area contributed by atoms with Gasteiger partial charge in [0.05, 0.1) is 33.4 Å². The largest absolute Gasteiger partial charge is 0.309 e. The topological polar surface area (TPSA) is 9.86 Å². The molecule has 0 bridgehead atoms. The number of aromatic nitrogens is 2. The molecule has 0 N–H and O–H groups in total. The number of hydrogen-bond acceptors (Lipinski definition) is 0. The summed E-state index contributed by atoms with van der Waals surface area (Å²) in [5, 5.41) is 7.56. The Balaban J connectivity index is 1.46. The minimum atomic E-state index is 1.18. The molecule has 0 atom stereocenters. The first-order valence-electron chi connectivity index (χ1n) is 14.5. The van der Waals surface area contributed by atoms with Crippen LogP contribution < -0.4 is 0 Å². The predicted octanol–water partition coefficient (Wildman–Crippen LogP) is 10.7. The monoisotopic (exact) mass is 534 g/mol. The standard InChI is InChI=1S/C40H26N2/c1-2-13-27(14-3-1)29-18-6-9-21-35(29)41-37-22-10-7-19-31(37)33-25-34-32-20-8-11-23-38(32)42(40(34)26-39(33)41)36-24-12-16-28-15-4-5-17-30(28)36/h1-26H. The highest BCUT2D eigenvalue weighted by molar-refractivity contribution is 6.19. The maximum Gasteiger partial charge on any atom is 0.0562 e. The zero-order chi connectivity index (χ0) is 27.6. The molecule has 0 amide bonds. The van der Waals surface area contributed by atoms with Crippen LogP contribution in [0.1, 0.15) is 0 Å². The lowest BCUT2D eigenvalue weighted by Gasteiger charge is -2.15. The van der Waals surface area contributed by atoms with Crippen LogP contribution in [0.25, 0.3) is 76.9 Å². The molecule has 2 nitrogen and oxygen atoms in total. The summed E-state index contributed by atoms with van der Waals surface area (Å²) in [6.45, 7) is 0. The molecule has 0 aliphatic carbocycles. The molecule has 0 radical (unpaired) electrons. The van der Waals surface area contributed by atoms with Gasteiger partial charge in [-0.25, -0.2) is 0 Å². The number of benzene rings is 7. The first-order valence-corrected chi connectivity index (χ1v) is 14.5. The van der Waals surface area contributed by atoms with E-state index in [1.54, 1.807) is 0 Å². The maximum atomic E-state index is 2.46. The van der Waals surface area contributed by atoms with E-state index in [0.29, 0.717) is 0 Å². The molecule has 0 saturated carbocycles. The van der Waals surface area contributed by atoms with Gasteiger partial charge in [-0.2, -0.15) is 0 Å². The van der Waals surface area contributed by atoms with Gasteiger partial charge in [0.15, 0.2) is 0 Å². The SMILES string of the molecule is c1ccc(-c2ccccc2-n2c3ccccc3c3cc4c5ccccc5n(-c5cccc6ccccc56)c4cc32)cc1. The molecule has 42 heavy (non-hydrogen) atoms. The summed E-state index contributed by atoms with van der Waals surface area (Å²) >= 11 is 0. The average molecular weight is 535 g/mol. The van der Waals surface area contributed by atoms with Crippen LogP contribution in [0.5, 0.6) is 0 Å². The Labute approximate surface area is 243 Å². The fraction of sp³-hybridized carbons (Fsp3) is 0. The molecule has 2 heterocycles. The van der Waals surface area contributed by atoms with Gasteiger partial charge >= 0.3 is 0 Å². The molecule has 0 unspecified atom stereocenters. The van der Waals surface area contributed by atoms with Gasteiger partial charge in [0.2, 0.25) is 0 Å². The van der Waals surface area contributed by atoms with E-state index in [1.807, 2.05) is 0 Å². The number of nitrogens with zero attached hydrogens (tertiary/aromatic N) is 2. The zero-order valence-electron chi connectivity index (χ0n) is 22.9.